The van der Waals surface area contributed by atoms with Gasteiger partial charge in [-0.05, 0) is 49.6 Å². The van der Waals surface area contributed by atoms with Gasteiger partial charge in [0.2, 0.25) is 0 Å². The van der Waals surface area contributed by atoms with Crippen molar-refractivity contribution in [3.8, 4) is 5.75 Å². The minimum Gasteiger partial charge on any atom is -0.497 e. The monoisotopic (exact) mass is 384 g/mol. The van der Waals surface area contributed by atoms with Crippen molar-refractivity contribution in [2.75, 3.05) is 40.0 Å². The Morgan fingerprint density at radius 3 is 2.50 bits per heavy atom. The van der Waals surface area contributed by atoms with Crippen LogP contribution in [0.15, 0.2) is 53.8 Å². The lowest BCUT2D eigenvalue weighted by atomic mass is 9.74. The second kappa shape index (κ2) is 10.2. The van der Waals surface area contributed by atoms with Crippen molar-refractivity contribution in [3.63, 3.8) is 0 Å². The van der Waals surface area contributed by atoms with Crippen molar-refractivity contribution < 1.29 is 9.47 Å². The van der Waals surface area contributed by atoms with Crippen LogP contribution in [-0.2, 0) is 16.7 Å². The van der Waals surface area contributed by atoms with E-state index in [1.54, 1.807) is 7.11 Å². The number of rotatable bonds is 8. The molecule has 0 amide bonds. The topological polar surface area (TPSA) is 59.8 Å². The van der Waals surface area contributed by atoms with Gasteiger partial charge < -0.3 is 24.7 Å². The molecule has 1 aliphatic heterocycles. The SMILES string of the molecule is CCNC(=NCC1(c2ccc(OC)cc2)CCOCC1)NCCn1cccc1. The summed E-state index contributed by atoms with van der Waals surface area (Å²) < 4.78 is 13.1. The molecule has 3 rings (SSSR count). The second-order valence-electron chi connectivity index (χ2n) is 7.16. The quantitative estimate of drug-likeness (QED) is 0.543. The highest BCUT2D eigenvalue weighted by Gasteiger charge is 2.34. The first-order valence-corrected chi connectivity index (χ1v) is 10.1. The number of ether oxygens (including phenoxy) is 2. The smallest absolute Gasteiger partial charge is 0.191 e. The van der Waals surface area contributed by atoms with E-state index in [1.165, 1.54) is 5.56 Å². The Labute approximate surface area is 168 Å². The molecule has 2 N–H and O–H groups in total. The molecule has 1 saturated heterocycles. The van der Waals surface area contributed by atoms with Gasteiger partial charge in [-0.25, -0.2) is 0 Å². The Hall–Kier alpha value is -2.47. The first kappa shape index (κ1) is 20.3. The largest absolute Gasteiger partial charge is 0.497 e. The maximum absolute atomic E-state index is 5.64. The third-order valence-electron chi connectivity index (χ3n) is 5.36. The van der Waals surface area contributed by atoms with Gasteiger partial charge in [0, 0.05) is 50.7 Å². The van der Waals surface area contributed by atoms with Gasteiger partial charge in [-0.2, -0.15) is 0 Å². The number of guanidine groups is 1. The van der Waals surface area contributed by atoms with Gasteiger partial charge in [0.1, 0.15) is 5.75 Å². The summed E-state index contributed by atoms with van der Waals surface area (Å²) in [5.41, 5.74) is 1.32. The summed E-state index contributed by atoms with van der Waals surface area (Å²) in [6, 6.07) is 12.5. The molecule has 6 heteroatoms. The van der Waals surface area contributed by atoms with E-state index in [1.807, 2.05) is 24.3 Å². The van der Waals surface area contributed by atoms with E-state index in [2.05, 4.69) is 46.7 Å². The van der Waals surface area contributed by atoms with Gasteiger partial charge in [-0.15, -0.1) is 0 Å². The lowest BCUT2D eigenvalue weighted by molar-refractivity contribution is 0.0531. The van der Waals surface area contributed by atoms with Gasteiger partial charge >= 0.3 is 0 Å². The summed E-state index contributed by atoms with van der Waals surface area (Å²) in [5.74, 6) is 1.75. The molecule has 1 aromatic carbocycles. The zero-order valence-electron chi connectivity index (χ0n) is 17.0. The Balaban J connectivity index is 1.69. The van der Waals surface area contributed by atoms with Crippen LogP contribution in [-0.4, -0.2) is 50.5 Å². The standard InChI is InChI=1S/C22H32N4O2/c1-3-23-21(24-12-15-26-13-4-5-14-26)25-18-22(10-16-28-17-11-22)19-6-8-20(27-2)9-7-19/h4-9,13-14H,3,10-12,15-18H2,1-2H3,(H2,23,24,25). The first-order valence-electron chi connectivity index (χ1n) is 10.1. The van der Waals surface area contributed by atoms with Crippen LogP contribution in [0.4, 0.5) is 0 Å². The van der Waals surface area contributed by atoms with E-state index in [4.69, 9.17) is 14.5 Å². The Kier molecular flexibility index (Phi) is 7.37. The van der Waals surface area contributed by atoms with E-state index in [0.29, 0.717) is 0 Å². The van der Waals surface area contributed by atoms with Gasteiger partial charge in [0.25, 0.3) is 0 Å². The van der Waals surface area contributed by atoms with Gasteiger partial charge in [-0.1, -0.05) is 12.1 Å². The third-order valence-corrected chi connectivity index (χ3v) is 5.36. The number of hydrogen-bond donors (Lipinski definition) is 2. The molecule has 0 radical (unpaired) electrons. The number of aromatic nitrogens is 1. The summed E-state index contributed by atoms with van der Waals surface area (Å²) in [6.45, 7) is 6.97. The Morgan fingerprint density at radius 2 is 1.86 bits per heavy atom. The predicted octanol–water partition coefficient (Wildman–Crippen LogP) is 2.80. The Bertz CT molecular complexity index is 720. The van der Waals surface area contributed by atoms with Crippen molar-refractivity contribution >= 4 is 5.96 Å². The first-order chi connectivity index (χ1) is 13.8. The van der Waals surface area contributed by atoms with Crippen molar-refractivity contribution in [1.82, 2.24) is 15.2 Å². The van der Waals surface area contributed by atoms with E-state index in [9.17, 15) is 0 Å². The van der Waals surface area contributed by atoms with Crippen LogP contribution < -0.4 is 15.4 Å². The Morgan fingerprint density at radius 1 is 1.14 bits per heavy atom. The molecule has 1 fully saturated rings. The van der Waals surface area contributed by atoms with Crippen LogP contribution in [0.5, 0.6) is 5.75 Å². The highest BCUT2D eigenvalue weighted by molar-refractivity contribution is 5.79. The molecule has 0 spiro atoms. The third kappa shape index (κ3) is 5.29. The van der Waals surface area contributed by atoms with Crippen LogP contribution in [0.25, 0.3) is 0 Å². The van der Waals surface area contributed by atoms with Crippen LogP contribution in [0.2, 0.25) is 0 Å². The summed E-state index contributed by atoms with van der Waals surface area (Å²) in [6.07, 6.45) is 6.11. The van der Waals surface area contributed by atoms with Crippen LogP contribution in [0, 0.1) is 0 Å². The lowest BCUT2D eigenvalue weighted by Crippen LogP contribution is -2.42. The number of hydrogen-bond acceptors (Lipinski definition) is 3. The van der Waals surface area contributed by atoms with E-state index in [-0.39, 0.29) is 5.41 Å². The zero-order valence-corrected chi connectivity index (χ0v) is 17.0. The van der Waals surface area contributed by atoms with Crippen molar-refractivity contribution in [2.45, 2.75) is 31.7 Å². The van der Waals surface area contributed by atoms with Crippen LogP contribution in [0.3, 0.4) is 0 Å². The zero-order chi connectivity index (χ0) is 19.7. The average Bonchev–Trinajstić information content (AvgIpc) is 3.26. The maximum Gasteiger partial charge on any atom is 0.191 e. The fourth-order valence-electron chi connectivity index (χ4n) is 3.64. The van der Waals surface area contributed by atoms with E-state index >= 15 is 0 Å². The van der Waals surface area contributed by atoms with Gasteiger partial charge in [0.15, 0.2) is 5.96 Å². The molecule has 0 bridgehead atoms. The molecule has 1 aliphatic rings. The summed E-state index contributed by atoms with van der Waals surface area (Å²) in [7, 11) is 1.70. The van der Waals surface area contributed by atoms with Gasteiger partial charge in [-0.3, -0.25) is 4.99 Å². The molecule has 0 saturated carbocycles. The highest BCUT2D eigenvalue weighted by atomic mass is 16.5. The second-order valence-corrected chi connectivity index (χ2v) is 7.16. The molecular formula is C22H32N4O2. The predicted molar refractivity (Wildman–Crippen MR) is 113 cm³/mol. The van der Waals surface area contributed by atoms with Crippen LogP contribution in [0.1, 0.15) is 25.3 Å². The van der Waals surface area contributed by atoms with E-state index in [0.717, 1.165) is 63.9 Å². The molecule has 1 aromatic heterocycles. The molecule has 2 heterocycles. The minimum absolute atomic E-state index is 0.00724. The number of nitrogens with one attached hydrogen (secondary N) is 2. The number of methoxy groups -OCH3 is 1. The summed E-state index contributed by atoms with van der Waals surface area (Å²) in [5, 5.41) is 6.82. The number of nitrogens with zero attached hydrogens (tertiary/aromatic N) is 2. The molecular weight excluding hydrogens is 352 g/mol. The number of benzene rings is 1. The summed E-state index contributed by atoms with van der Waals surface area (Å²) >= 11 is 0. The molecule has 0 aliphatic carbocycles. The van der Waals surface area contributed by atoms with Crippen molar-refractivity contribution in [1.29, 1.82) is 0 Å². The number of aliphatic imine (C=N–C) groups is 1. The van der Waals surface area contributed by atoms with Crippen LogP contribution >= 0.6 is 0 Å². The summed E-state index contributed by atoms with van der Waals surface area (Å²) in [4.78, 5) is 4.95. The fraction of sp³-hybridized carbons (Fsp3) is 0.500. The average molecular weight is 385 g/mol. The molecule has 28 heavy (non-hydrogen) atoms. The molecule has 152 valence electrons. The maximum atomic E-state index is 5.64. The molecule has 2 aromatic rings. The molecule has 0 atom stereocenters. The van der Waals surface area contributed by atoms with Crippen molar-refractivity contribution in [3.05, 3.63) is 54.4 Å². The van der Waals surface area contributed by atoms with E-state index < -0.39 is 0 Å². The molecule has 6 nitrogen and oxygen atoms in total. The normalized spacial score (nSPS) is 16.6. The van der Waals surface area contributed by atoms with Gasteiger partial charge in [0.05, 0.1) is 13.7 Å². The minimum atomic E-state index is 0.00724. The molecule has 0 unspecified atom stereocenters. The lowest BCUT2D eigenvalue weighted by Gasteiger charge is -2.36. The highest BCUT2D eigenvalue weighted by Crippen LogP contribution is 2.36. The van der Waals surface area contributed by atoms with Crippen molar-refractivity contribution in [2.24, 2.45) is 4.99 Å². The fourth-order valence-corrected chi connectivity index (χ4v) is 3.64.